The van der Waals surface area contributed by atoms with Gasteiger partial charge in [0.25, 0.3) is 0 Å². The van der Waals surface area contributed by atoms with E-state index in [0.717, 1.165) is 44.2 Å². The first-order chi connectivity index (χ1) is 8.40. The third-order valence-corrected chi connectivity index (χ3v) is 2.94. The van der Waals surface area contributed by atoms with Gasteiger partial charge >= 0.3 is 0 Å². The number of hydrogen-bond acceptors (Lipinski definition) is 4. The topological polar surface area (TPSA) is 33.7 Å². The van der Waals surface area contributed by atoms with E-state index < -0.39 is 0 Å². The highest BCUT2D eigenvalue weighted by atomic mass is 35.5. The van der Waals surface area contributed by atoms with Crippen LogP contribution < -0.4 is 14.8 Å². The molecule has 0 bridgehead atoms. The fourth-order valence-electron chi connectivity index (χ4n) is 1.96. The Morgan fingerprint density at radius 1 is 1.11 bits per heavy atom. The molecular formula is C13H22Cl2N2O2. The number of piperazine rings is 1. The van der Waals surface area contributed by atoms with Gasteiger partial charge in [-0.3, -0.25) is 4.90 Å². The number of halogens is 2. The highest BCUT2D eigenvalue weighted by Crippen LogP contribution is 2.25. The third-order valence-electron chi connectivity index (χ3n) is 2.94. The number of ether oxygens (including phenoxy) is 2. The Morgan fingerprint density at radius 3 is 2.37 bits per heavy atom. The first-order valence-corrected chi connectivity index (χ1v) is 6.09. The Hall–Kier alpha value is -0.680. The number of para-hydroxylation sites is 2. The van der Waals surface area contributed by atoms with Crippen molar-refractivity contribution in [1.82, 2.24) is 10.2 Å². The van der Waals surface area contributed by atoms with Gasteiger partial charge < -0.3 is 14.8 Å². The van der Waals surface area contributed by atoms with Gasteiger partial charge in [-0.2, -0.15) is 0 Å². The standard InChI is InChI=1S/C13H20N2O2.2ClH/c1-16-12-4-2-3-5-13(12)17-11-10-15-8-6-14-7-9-15;;/h2-5,14H,6-11H2,1H3;2*1H. The fraction of sp³-hybridized carbons (Fsp3) is 0.538. The molecule has 0 atom stereocenters. The minimum absolute atomic E-state index is 0. The maximum absolute atomic E-state index is 5.74. The number of nitrogens with zero attached hydrogens (tertiary/aromatic N) is 1. The van der Waals surface area contributed by atoms with E-state index in [2.05, 4.69) is 10.2 Å². The number of rotatable bonds is 5. The predicted octanol–water partition coefficient (Wildman–Crippen LogP) is 1.82. The molecule has 0 amide bonds. The minimum atomic E-state index is 0. The molecule has 0 unspecified atom stereocenters. The van der Waals surface area contributed by atoms with Crippen molar-refractivity contribution in [2.24, 2.45) is 0 Å². The molecule has 1 N–H and O–H groups in total. The Morgan fingerprint density at radius 2 is 1.74 bits per heavy atom. The second kappa shape index (κ2) is 10.1. The van der Waals surface area contributed by atoms with Crippen molar-refractivity contribution in [3.63, 3.8) is 0 Å². The normalized spacial score (nSPS) is 15.0. The predicted molar refractivity (Wildman–Crippen MR) is 82.3 cm³/mol. The molecule has 6 heteroatoms. The van der Waals surface area contributed by atoms with Gasteiger partial charge in [-0.1, -0.05) is 12.1 Å². The van der Waals surface area contributed by atoms with Crippen molar-refractivity contribution in [3.05, 3.63) is 24.3 Å². The zero-order valence-corrected chi connectivity index (χ0v) is 12.8. The van der Waals surface area contributed by atoms with Crippen LogP contribution >= 0.6 is 24.8 Å². The van der Waals surface area contributed by atoms with Crippen molar-refractivity contribution in [2.75, 3.05) is 46.4 Å². The molecule has 0 aromatic heterocycles. The molecule has 19 heavy (non-hydrogen) atoms. The van der Waals surface area contributed by atoms with Crippen molar-refractivity contribution in [1.29, 1.82) is 0 Å². The summed E-state index contributed by atoms with van der Waals surface area (Å²) in [6, 6.07) is 7.77. The second-order valence-corrected chi connectivity index (χ2v) is 4.09. The summed E-state index contributed by atoms with van der Waals surface area (Å²) >= 11 is 0. The number of hydrogen-bond donors (Lipinski definition) is 1. The largest absolute Gasteiger partial charge is 0.493 e. The Balaban J connectivity index is 0.00000162. The van der Waals surface area contributed by atoms with Gasteiger partial charge in [0.15, 0.2) is 11.5 Å². The fourth-order valence-corrected chi connectivity index (χ4v) is 1.96. The number of benzene rings is 1. The first-order valence-electron chi connectivity index (χ1n) is 6.09. The van der Waals surface area contributed by atoms with E-state index in [-0.39, 0.29) is 24.8 Å². The van der Waals surface area contributed by atoms with Crippen LogP contribution in [0.15, 0.2) is 24.3 Å². The van der Waals surface area contributed by atoms with Gasteiger partial charge in [0.05, 0.1) is 7.11 Å². The van der Waals surface area contributed by atoms with Gasteiger partial charge in [0.1, 0.15) is 6.61 Å². The lowest BCUT2D eigenvalue weighted by Gasteiger charge is -2.27. The minimum Gasteiger partial charge on any atom is -0.493 e. The van der Waals surface area contributed by atoms with Gasteiger partial charge in [0, 0.05) is 32.7 Å². The molecular weight excluding hydrogens is 287 g/mol. The van der Waals surface area contributed by atoms with E-state index in [4.69, 9.17) is 9.47 Å². The van der Waals surface area contributed by atoms with E-state index >= 15 is 0 Å². The Labute approximate surface area is 127 Å². The number of methoxy groups -OCH3 is 1. The zero-order valence-electron chi connectivity index (χ0n) is 11.1. The van der Waals surface area contributed by atoms with Crippen LogP contribution in [-0.4, -0.2) is 51.3 Å². The molecule has 2 rings (SSSR count). The summed E-state index contributed by atoms with van der Waals surface area (Å²) in [5.41, 5.74) is 0. The maximum atomic E-state index is 5.74. The second-order valence-electron chi connectivity index (χ2n) is 4.09. The van der Waals surface area contributed by atoms with Gasteiger partial charge in [-0.15, -0.1) is 24.8 Å². The van der Waals surface area contributed by atoms with Crippen LogP contribution in [0, 0.1) is 0 Å². The molecule has 110 valence electrons. The average molecular weight is 309 g/mol. The molecule has 0 spiro atoms. The van der Waals surface area contributed by atoms with Crippen molar-refractivity contribution in [2.45, 2.75) is 0 Å². The van der Waals surface area contributed by atoms with E-state index in [1.54, 1.807) is 7.11 Å². The van der Waals surface area contributed by atoms with Crippen LogP contribution in [0.1, 0.15) is 0 Å². The molecule has 1 heterocycles. The molecule has 1 fully saturated rings. The van der Waals surface area contributed by atoms with Gasteiger partial charge in [-0.05, 0) is 12.1 Å². The third kappa shape index (κ3) is 5.87. The van der Waals surface area contributed by atoms with Gasteiger partial charge in [0.2, 0.25) is 0 Å². The van der Waals surface area contributed by atoms with Crippen molar-refractivity contribution in [3.8, 4) is 11.5 Å². The van der Waals surface area contributed by atoms with Crippen molar-refractivity contribution < 1.29 is 9.47 Å². The summed E-state index contributed by atoms with van der Waals surface area (Å²) in [5.74, 6) is 1.62. The van der Waals surface area contributed by atoms with E-state index in [1.807, 2.05) is 24.3 Å². The lowest BCUT2D eigenvalue weighted by molar-refractivity contribution is 0.188. The summed E-state index contributed by atoms with van der Waals surface area (Å²) in [6.07, 6.45) is 0. The highest BCUT2D eigenvalue weighted by molar-refractivity contribution is 5.85. The molecule has 1 saturated heterocycles. The lowest BCUT2D eigenvalue weighted by atomic mass is 10.3. The molecule has 0 aliphatic carbocycles. The van der Waals surface area contributed by atoms with E-state index in [1.165, 1.54) is 0 Å². The van der Waals surface area contributed by atoms with E-state index in [0.29, 0.717) is 6.61 Å². The summed E-state index contributed by atoms with van der Waals surface area (Å²) < 4.78 is 11.0. The molecule has 1 aromatic rings. The first kappa shape index (κ1) is 18.3. The van der Waals surface area contributed by atoms with Crippen LogP contribution in [0.5, 0.6) is 11.5 Å². The quantitative estimate of drug-likeness (QED) is 0.900. The van der Waals surface area contributed by atoms with Crippen LogP contribution in [0.25, 0.3) is 0 Å². The smallest absolute Gasteiger partial charge is 0.161 e. The molecule has 4 nitrogen and oxygen atoms in total. The van der Waals surface area contributed by atoms with E-state index in [9.17, 15) is 0 Å². The Bertz CT molecular complexity index is 347. The summed E-state index contributed by atoms with van der Waals surface area (Å²) in [5, 5.41) is 3.34. The van der Waals surface area contributed by atoms with Gasteiger partial charge in [-0.25, -0.2) is 0 Å². The molecule has 1 aromatic carbocycles. The number of nitrogens with one attached hydrogen (secondary N) is 1. The molecule has 0 radical (unpaired) electrons. The average Bonchev–Trinajstić information content (AvgIpc) is 2.40. The molecule has 0 saturated carbocycles. The van der Waals surface area contributed by atoms with Crippen LogP contribution in [0.2, 0.25) is 0 Å². The van der Waals surface area contributed by atoms with Crippen LogP contribution in [-0.2, 0) is 0 Å². The SMILES string of the molecule is COc1ccccc1OCCN1CCNCC1.Cl.Cl. The maximum Gasteiger partial charge on any atom is 0.161 e. The monoisotopic (exact) mass is 308 g/mol. The van der Waals surface area contributed by atoms with Crippen LogP contribution in [0.3, 0.4) is 0 Å². The lowest BCUT2D eigenvalue weighted by Crippen LogP contribution is -2.44. The summed E-state index contributed by atoms with van der Waals surface area (Å²) in [4.78, 5) is 2.41. The molecule has 1 aliphatic heterocycles. The highest BCUT2D eigenvalue weighted by Gasteiger charge is 2.09. The van der Waals surface area contributed by atoms with Crippen molar-refractivity contribution >= 4 is 24.8 Å². The summed E-state index contributed by atoms with van der Waals surface area (Å²) in [7, 11) is 1.67. The van der Waals surface area contributed by atoms with Crippen LogP contribution in [0.4, 0.5) is 0 Å². The summed E-state index contributed by atoms with van der Waals surface area (Å²) in [6.45, 7) is 6.05. The molecule has 1 aliphatic rings. The Kier molecular flexibility index (Phi) is 9.79. The zero-order chi connectivity index (χ0) is 11.9.